The Balaban J connectivity index is 2.60. The van der Waals surface area contributed by atoms with Crippen molar-refractivity contribution in [2.45, 2.75) is 224 Å². The van der Waals surface area contributed by atoms with Crippen LogP contribution in [0.1, 0.15) is 168 Å². The first-order valence-electron chi connectivity index (χ1n) is 21.0. The van der Waals surface area contributed by atoms with Crippen molar-refractivity contribution in [3.8, 4) is 0 Å². The summed E-state index contributed by atoms with van der Waals surface area (Å²) in [7, 11) is 0. The van der Waals surface area contributed by atoms with Crippen molar-refractivity contribution < 1.29 is 50.0 Å². The van der Waals surface area contributed by atoms with Gasteiger partial charge in [-0.15, -0.1) is 0 Å². The summed E-state index contributed by atoms with van der Waals surface area (Å²) in [5, 5.41) is 75.1. The molecule has 0 aromatic rings. The average molecular weight is 746 g/mol. The fraction of sp³-hybridized carbons (Fsp3) is 0.927. The molecule has 1 amide bonds. The lowest BCUT2D eigenvalue weighted by Gasteiger charge is -2.40. The molecule has 1 aliphatic rings. The smallest absolute Gasteiger partial charge is 0.249 e. The van der Waals surface area contributed by atoms with Crippen LogP contribution < -0.4 is 5.32 Å². The molecule has 1 fully saturated rings. The van der Waals surface area contributed by atoms with Crippen molar-refractivity contribution in [1.29, 1.82) is 0 Å². The summed E-state index contributed by atoms with van der Waals surface area (Å²) in [6.45, 7) is 5.52. The molecular weight excluding hydrogens is 666 g/mol. The van der Waals surface area contributed by atoms with Crippen LogP contribution in [0.4, 0.5) is 0 Å². The topological polar surface area (TPSA) is 189 Å². The van der Waals surface area contributed by atoms with Gasteiger partial charge in [0.1, 0.15) is 30.5 Å². The maximum Gasteiger partial charge on any atom is 0.249 e. The fourth-order valence-electron chi connectivity index (χ4n) is 6.76. The maximum absolute atomic E-state index is 13.0. The Kier molecular flexibility index (Phi) is 29.2. The first-order valence-corrected chi connectivity index (χ1v) is 21.0. The third kappa shape index (κ3) is 21.7. The van der Waals surface area contributed by atoms with Gasteiger partial charge in [0, 0.05) is 0 Å². The van der Waals surface area contributed by atoms with Crippen LogP contribution >= 0.6 is 0 Å². The van der Waals surface area contributed by atoms with Crippen LogP contribution in [-0.4, -0.2) is 110 Å². The van der Waals surface area contributed by atoms with E-state index in [0.717, 1.165) is 32.1 Å². The zero-order chi connectivity index (χ0) is 38.6. The van der Waals surface area contributed by atoms with Gasteiger partial charge in [0.05, 0.1) is 31.5 Å². The van der Waals surface area contributed by atoms with Crippen molar-refractivity contribution in [3.63, 3.8) is 0 Å². The normalized spacial score (nSPS) is 23.8. The summed E-state index contributed by atoms with van der Waals surface area (Å²) in [6.07, 6.45) is 17.8. The molecule has 308 valence electrons. The number of rotatable bonds is 33. The molecule has 0 bridgehead atoms. The molecule has 0 aromatic carbocycles. The van der Waals surface area contributed by atoms with Gasteiger partial charge < -0.3 is 50.5 Å². The number of hydrogen-bond acceptors (Lipinski definition) is 10. The van der Waals surface area contributed by atoms with E-state index in [-0.39, 0.29) is 18.9 Å². The number of nitrogens with one attached hydrogen (secondary N) is 1. The Morgan fingerprint density at radius 3 is 1.73 bits per heavy atom. The Morgan fingerprint density at radius 2 is 1.21 bits per heavy atom. The molecule has 52 heavy (non-hydrogen) atoms. The van der Waals surface area contributed by atoms with Gasteiger partial charge in [0.25, 0.3) is 0 Å². The van der Waals surface area contributed by atoms with E-state index in [1.54, 1.807) is 6.08 Å². The molecule has 1 saturated heterocycles. The van der Waals surface area contributed by atoms with Gasteiger partial charge in [-0.1, -0.05) is 155 Å². The minimum atomic E-state index is -1.64. The van der Waals surface area contributed by atoms with Gasteiger partial charge >= 0.3 is 0 Å². The van der Waals surface area contributed by atoms with E-state index in [0.29, 0.717) is 19.3 Å². The highest BCUT2D eigenvalue weighted by Gasteiger charge is 2.44. The summed E-state index contributed by atoms with van der Waals surface area (Å²) in [5.74, 6) is -0.493. The molecule has 0 aromatic heterocycles. The zero-order valence-electron chi connectivity index (χ0n) is 33.0. The molecule has 0 saturated carbocycles. The van der Waals surface area contributed by atoms with Gasteiger partial charge in [0.15, 0.2) is 6.29 Å². The highest BCUT2D eigenvalue weighted by Crippen LogP contribution is 2.23. The second-order valence-corrected chi connectivity index (χ2v) is 15.3. The highest BCUT2D eigenvalue weighted by atomic mass is 16.7. The van der Waals surface area contributed by atoms with Crippen LogP contribution in [0.2, 0.25) is 0 Å². The predicted octanol–water partition coefficient (Wildman–Crippen LogP) is 5.57. The number of ether oxygens (including phenoxy) is 2. The molecule has 10 atom stereocenters. The van der Waals surface area contributed by atoms with E-state index in [2.05, 4.69) is 26.1 Å². The summed E-state index contributed by atoms with van der Waals surface area (Å²) in [4.78, 5) is 13.0. The molecule has 0 spiro atoms. The number of allylic oxidation sites excluding steroid dienone is 1. The SMILES string of the molecule is CCCCCCCCCCCCCC[C@@H](O)C(=O)N[C@@H](CO[C@@H]1O[C@H](CO)[C@@H](O)[C@H](O)[C@H]1O)[C@H](O)/C=C/CCC(O)C(C)CCCCCCCCC. The lowest BCUT2D eigenvalue weighted by Crippen LogP contribution is -2.60. The van der Waals surface area contributed by atoms with Crippen LogP contribution in [0.3, 0.4) is 0 Å². The van der Waals surface area contributed by atoms with E-state index in [9.17, 15) is 40.5 Å². The van der Waals surface area contributed by atoms with E-state index in [1.165, 1.54) is 96.0 Å². The first kappa shape index (κ1) is 48.9. The molecule has 1 heterocycles. The Labute approximate surface area is 315 Å². The molecule has 2 unspecified atom stereocenters. The van der Waals surface area contributed by atoms with E-state index in [4.69, 9.17) is 9.47 Å². The number of carbonyl (C=O) groups excluding carboxylic acids is 1. The summed E-state index contributed by atoms with van der Waals surface area (Å²) >= 11 is 0. The molecule has 1 rings (SSSR count). The minimum absolute atomic E-state index is 0.166. The second-order valence-electron chi connectivity index (χ2n) is 15.3. The zero-order valence-corrected chi connectivity index (χ0v) is 33.0. The molecule has 0 radical (unpaired) electrons. The maximum atomic E-state index is 13.0. The molecule has 11 heteroatoms. The van der Waals surface area contributed by atoms with Gasteiger partial charge in [-0.05, 0) is 31.6 Å². The monoisotopic (exact) mass is 746 g/mol. The highest BCUT2D eigenvalue weighted by molar-refractivity contribution is 5.80. The largest absolute Gasteiger partial charge is 0.394 e. The number of aliphatic hydroxyl groups is 7. The van der Waals surface area contributed by atoms with Crippen LogP contribution in [-0.2, 0) is 14.3 Å². The van der Waals surface area contributed by atoms with E-state index in [1.807, 2.05) is 0 Å². The number of amides is 1. The van der Waals surface area contributed by atoms with E-state index >= 15 is 0 Å². The number of carbonyl (C=O) groups is 1. The van der Waals surface area contributed by atoms with Crippen LogP contribution in [0.5, 0.6) is 0 Å². The van der Waals surface area contributed by atoms with Crippen molar-refractivity contribution >= 4 is 5.91 Å². The Morgan fingerprint density at radius 1 is 0.712 bits per heavy atom. The quantitative estimate of drug-likeness (QED) is 0.0311. The summed E-state index contributed by atoms with van der Waals surface area (Å²) < 4.78 is 11.1. The lowest BCUT2D eigenvalue weighted by atomic mass is 9.94. The summed E-state index contributed by atoms with van der Waals surface area (Å²) in [6, 6.07) is -1.05. The predicted molar refractivity (Wildman–Crippen MR) is 206 cm³/mol. The van der Waals surface area contributed by atoms with Gasteiger partial charge in [-0.25, -0.2) is 0 Å². The third-order valence-electron chi connectivity index (χ3n) is 10.5. The van der Waals surface area contributed by atoms with Crippen LogP contribution in [0.25, 0.3) is 0 Å². The Hall–Kier alpha value is -1.15. The fourth-order valence-corrected chi connectivity index (χ4v) is 6.76. The molecule has 1 aliphatic heterocycles. The van der Waals surface area contributed by atoms with E-state index < -0.39 is 67.6 Å². The lowest BCUT2D eigenvalue weighted by molar-refractivity contribution is -0.302. The minimum Gasteiger partial charge on any atom is -0.394 e. The van der Waals surface area contributed by atoms with Gasteiger partial charge in [-0.2, -0.15) is 0 Å². The summed E-state index contributed by atoms with van der Waals surface area (Å²) in [5.41, 5.74) is 0. The standard InChI is InChI=1S/C41H79NO10/c1-4-6-8-10-12-13-14-15-16-18-20-22-28-35(46)40(50)42-32(30-51-41-39(49)38(48)37(47)36(29-43)52-41)34(45)27-24-23-26-33(44)31(3)25-21-19-17-11-9-7-5-2/h24,27,31-39,41,43-49H,4-23,25-26,28-30H2,1-3H3,(H,42,50)/b27-24+/t31?,32-,33?,34+,35+,36+,37+,38-,39+,41+/m0/s1. The second kappa shape index (κ2) is 31.1. The van der Waals surface area contributed by atoms with Crippen molar-refractivity contribution in [2.75, 3.05) is 13.2 Å². The van der Waals surface area contributed by atoms with Crippen LogP contribution in [0.15, 0.2) is 12.2 Å². The number of unbranched alkanes of at least 4 members (excludes halogenated alkanes) is 17. The van der Waals surface area contributed by atoms with Gasteiger partial charge in [0.2, 0.25) is 5.91 Å². The van der Waals surface area contributed by atoms with Crippen molar-refractivity contribution in [3.05, 3.63) is 12.2 Å². The molecular formula is C41H79NO10. The van der Waals surface area contributed by atoms with Crippen molar-refractivity contribution in [2.24, 2.45) is 5.92 Å². The first-order chi connectivity index (χ1) is 25.1. The Bertz CT molecular complexity index is 877. The molecule has 0 aliphatic carbocycles. The van der Waals surface area contributed by atoms with Crippen molar-refractivity contribution in [1.82, 2.24) is 5.32 Å². The molecule has 11 nitrogen and oxygen atoms in total. The average Bonchev–Trinajstić information content (AvgIpc) is 3.14. The third-order valence-corrected chi connectivity index (χ3v) is 10.5. The number of aliphatic hydroxyl groups excluding tert-OH is 7. The molecule has 8 N–H and O–H groups in total. The van der Waals surface area contributed by atoms with Gasteiger partial charge in [-0.3, -0.25) is 4.79 Å². The number of hydrogen-bond donors (Lipinski definition) is 8. The van der Waals surface area contributed by atoms with Crippen LogP contribution in [0, 0.1) is 5.92 Å².